The topological polar surface area (TPSA) is 109 Å². The van der Waals surface area contributed by atoms with Crippen LogP contribution in [0.1, 0.15) is 11.3 Å². The second-order valence-corrected chi connectivity index (χ2v) is 11.0. The first-order chi connectivity index (χ1) is 21.4. The number of halogens is 2. The Morgan fingerprint density at radius 3 is 1.57 bits per heavy atom. The van der Waals surface area contributed by atoms with Gasteiger partial charge in [-0.3, -0.25) is 0 Å². The van der Waals surface area contributed by atoms with Crippen LogP contribution in [-0.2, 0) is 13.2 Å². The first kappa shape index (κ1) is 29.7. The minimum absolute atomic E-state index is 0.256. The molecular weight excluding hydrogens is 603 g/mol. The molecule has 4 aromatic carbocycles. The molecule has 0 amide bonds. The Morgan fingerprint density at radius 2 is 1.07 bits per heavy atom. The number of nitrogens with one attached hydrogen (secondary N) is 2. The van der Waals surface area contributed by atoms with E-state index in [2.05, 4.69) is 9.97 Å². The van der Waals surface area contributed by atoms with Gasteiger partial charge in [-0.2, -0.15) is 0 Å². The van der Waals surface area contributed by atoms with E-state index in [1.165, 1.54) is 0 Å². The van der Waals surface area contributed by atoms with Crippen molar-refractivity contribution in [3.8, 4) is 56.5 Å². The molecule has 0 radical (unpaired) electrons. The molecule has 0 aliphatic carbocycles. The standard InChI is InChI=1S/C34H30Cl2N2O6/c1-41-23-13-24(42-2)30-28(18-7-11-20(36)12-8-18)33(38-32(30)21(23)15-39)31-26(44-4)14-25(43-3)29-27(22(16-40)37-34(29)31)17-5-9-19(35)10-6-17/h5-14,37-40H,15-16H2,1-4H3. The van der Waals surface area contributed by atoms with Crippen LogP contribution < -0.4 is 18.9 Å². The van der Waals surface area contributed by atoms with Gasteiger partial charge in [-0.25, -0.2) is 0 Å². The lowest BCUT2D eigenvalue weighted by molar-refractivity contribution is 0.275. The Labute approximate surface area is 263 Å². The zero-order valence-electron chi connectivity index (χ0n) is 24.5. The van der Waals surface area contributed by atoms with E-state index in [0.717, 1.165) is 33.0 Å². The van der Waals surface area contributed by atoms with Gasteiger partial charge in [-0.05, 0) is 35.4 Å². The number of aliphatic hydroxyl groups excluding tert-OH is 2. The van der Waals surface area contributed by atoms with E-state index < -0.39 is 0 Å². The maximum atomic E-state index is 10.5. The fourth-order valence-corrected chi connectivity index (χ4v) is 6.22. The fourth-order valence-electron chi connectivity index (χ4n) is 5.96. The van der Waals surface area contributed by atoms with Gasteiger partial charge in [-0.1, -0.05) is 47.5 Å². The van der Waals surface area contributed by atoms with E-state index in [4.69, 9.17) is 42.1 Å². The van der Waals surface area contributed by atoms with Crippen molar-refractivity contribution in [3.05, 3.63) is 82.0 Å². The molecule has 0 saturated carbocycles. The first-order valence-electron chi connectivity index (χ1n) is 13.7. The first-order valence-corrected chi connectivity index (χ1v) is 14.5. The van der Waals surface area contributed by atoms with Crippen LogP contribution in [-0.4, -0.2) is 48.6 Å². The Bertz CT molecular complexity index is 2000. The zero-order valence-corrected chi connectivity index (χ0v) is 26.0. The minimum atomic E-state index is -0.281. The van der Waals surface area contributed by atoms with Gasteiger partial charge in [0.1, 0.15) is 23.0 Å². The van der Waals surface area contributed by atoms with Gasteiger partial charge in [0.05, 0.1) is 74.7 Å². The number of H-pyrrole nitrogens is 2. The summed E-state index contributed by atoms with van der Waals surface area (Å²) < 4.78 is 23.4. The maximum absolute atomic E-state index is 10.5. The molecule has 10 heteroatoms. The molecule has 6 aromatic rings. The average Bonchev–Trinajstić information content (AvgIpc) is 3.63. The number of aromatic amines is 2. The monoisotopic (exact) mass is 632 g/mol. The molecule has 0 unspecified atom stereocenters. The third kappa shape index (κ3) is 4.71. The number of methoxy groups -OCH3 is 4. The highest BCUT2D eigenvalue weighted by atomic mass is 35.5. The van der Waals surface area contributed by atoms with Crippen LogP contribution in [0.5, 0.6) is 23.0 Å². The van der Waals surface area contributed by atoms with Crippen LogP contribution in [0.4, 0.5) is 0 Å². The molecular formula is C34H30Cl2N2O6. The fraction of sp³-hybridized carbons (Fsp3) is 0.176. The summed E-state index contributed by atoms with van der Waals surface area (Å²) in [5.74, 6) is 2.10. The number of aliphatic hydroxyl groups is 2. The van der Waals surface area contributed by atoms with Crippen LogP contribution in [0.3, 0.4) is 0 Å². The Hall–Kier alpha value is -4.34. The number of rotatable bonds is 9. The zero-order chi connectivity index (χ0) is 31.1. The third-order valence-corrected chi connectivity index (χ3v) is 8.41. The van der Waals surface area contributed by atoms with Crippen LogP contribution in [0.15, 0.2) is 60.7 Å². The Morgan fingerprint density at radius 1 is 0.568 bits per heavy atom. The van der Waals surface area contributed by atoms with Crippen molar-refractivity contribution in [3.63, 3.8) is 0 Å². The molecule has 6 rings (SSSR count). The Kier molecular flexibility index (Phi) is 8.09. The predicted octanol–water partition coefficient (Wildman–Crippen LogP) is 7.98. The average molecular weight is 634 g/mol. The molecule has 44 heavy (non-hydrogen) atoms. The van der Waals surface area contributed by atoms with Crippen LogP contribution in [0, 0.1) is 0 Å². The predicted molar refractivity (Wildman–Crippen MR) is 175 cm³/mol. The van der Waals surface area contributed by atoms with Crippen LogP contribution in [0.25, 0.3) is 55.3 Å². The van der Waals surface area contributed by atoms with Crippen LogP contribution in [0.2, 0.25) is 10.0 Å². The van der Waals surface area contributed by atoms with Crippen molar-refractivity contribution in [2.45, 2.75) is 13.2 Å². The number of fused-ring (bicyclic) bond motifs is 2. The van der Waals surface area contributed by atoms with E-state index in [-0.39, 0.29) is 13.2 Å². The summed E-state index contributed by atoms with van der Waals surface area (Å²) in [6.07, 6.45) is 0. The molecule has 2 heterocycles. The summed E-state index contributed by atoms with van der Waals surface area (Å²) >= 11 is 12.5. The van der Waals surface area contributed by atoms with Gasteiger partial charge in [0.2, 0.25) is 0 Å². The minimum Gasteiger partial charge on any atom is -0.496 e. The van der Waals surface area contributed by atoms with E-state index in [1.807, 2.05) is 42.5 Å². The van der Waals surface area contributed by atoms with E-state index >= 15 is 0 Å². The summed E-state index contributed by atoms with van der Waals surface area (Å²) in [6, 6.07) is 18.5. The quantitative estimate of drug-likeness (QED) is 0.129. The highest BCUT2D eigenvalue weighted by Gasteiger charge is 2.29. The van der Waals surface area contributed by atoms with E-state index in [9.17, 15) is 10.2 Å². The lowest BCUT2D eigenvalue weighted by Crippen LogP contribution is -1.96. The normalized spacial score (nSPS) is 11.4. The largest absolute Gasteiger partial charge is 0.496 e. The van der Waals surface area contributed by atoms with Crippen molar-refractivity contribution in [2.24, 2.45) is 0 Å². The number of hydrogen-bond donors (Lipinski definition) is 4. The van der Waals surface area contributed by atoms with Crippen molar-refractivity contribution in [1.29, 1.82) is 0 Å². The second-order valence-electron chi connectivity index (χ2n) is 10.1. The number of hydrogen-bond acceptors (Lipinski definition) is 6. The number of aromatic nitrogens is 2. The molecule has 8 nitrogen and oxygen atoms in total. The summed E-state index contributed by atoms with van der Waals surface area (Å²) in [5.41, 5.74) is 7.11. The lowest BCUT2D eigenvalue weighted by atomic mass is 9.94. The SMILES string of the molecule is COc1cc(OC)c2c(-c3ccc(Cl)cc3)c(-c3c(OC)cc(OC)c4c(-c5ccc(Cl)cc5)c(CO)[nH]c34)[nH]c2c1CO. The van der Waals surface area contributed by atoms with Crippen molar-refractivity contribution in [1.82, 2.24) is 9.97 Å². The van der Waals surface area contributed by atoms with Crippen molar-refractivity contribution in [2.75, 3.05) is 28.4 Å². The highest BCUT2D eigenvalue weighted by molar-refractivity contribution is 6.31. The van der Waals surface area contributed by atoms with Crippen molar-refractivity contribution >= 4 is 45.0 Å². The third-order valence-electron chi connectivity index (χ3n) is 7.90. The summed E-state index contributed by atoms with van der Waals surface area (Å²) in [5, 5.41) is 23.7. The van der Waals surface area contributed by atoms with Gasteiger partial charge in [0, 0.05) is 44.6 Å². The molecule has 0 atom stereocenters. The summed E-state index contributed by atoms with van der Waals surface area (Å²) in [4.78, 5) is 7.05. The van der Waals surface area contributed by atoms with Gasteiger partial charge in [0.25, 0.3) is 0 Å². The molecule has 0 saturated heterocycles. The summed E-state index contributed by atoms with van der Waals surface area (Å²) in [6.45, 7) is -0.537. The van der Waals surface area contributed by atoms with Gasteiger partial charge < -0.3 is 39.1 Å². The highest BCUT2D eigenvalue weighted by Crippen LogP contribution is 2.52. The molecule has 0 aliphatic rings. The molecule has 0 spiro atoms. The van der Waals surface area contributed by atoms with Gasteiger partial charge in [0.15, 0.2) is 0 Å². The lowest BCUT2D eigenvalue weighted by Gasteiger charge is -2.15. The summed E-state index contributed by atoms with van der Waals surface area (Å²) in [7, 11) is 6.33. The smallest absolute Gasteiger partial charge is 0.134 e. The van der Waals surface area contributed by atoms with Crippen molar-refractivity contribution < 1.29 is 29.2 Å². The number of benzene rings is 4. The Balaban J connectivity index is 1.82. The maximum Gasteiger partial charge on any atom is 0.134 e. The van der Waals surface area contributed by atoms with Gasteiger partial charge in [-0.15, -0.1) is 0 Å². The molecule has 0 aliphatic heterocycles. The van der Waals surface area contributed by atoms with Crippen LogP contribution >= 0.6 is 23.2 Å². The van der Waals surface area contributed by atoms with E-state index in [1.54, 1.807) is 46.6 Å². The number of ether oxygens (including phenoxy) is 4. The second kappa shape index (κ2) is 12.0. The molecule has 2 aromatic heterocycles. The molecule has 226 valence electrons. The molecule has 4 N–H and O–H groups in total. The molecule has 0 bridgehead atoms. The van der Waals surface area contributed by atoms with E-state index in [0.29, 0.717) is 66.6 Å². The molecule has 0 fully saturated rings. The van der Waals surface area contributed by atoms with Gasteiger partial charge >= 0.3 is 0 Å².